The van der Waals surface area contributed by atoms with E-state index in [1.807, 2.05) is 22.6 Å². The van der Waals surface area contributed by atoms with Crippen molar-refractivity contribution in [1.29, 1.82) is 0 Å². The van der Waals surface area contributed by atoms with Gasteiger partial charge in [-0.1, -0.05) is 55.5 Å². The molecule has 6 aromatic rings. The van der Waals surface area contributed by atoms with Gasteiger partial charge in [0.1, 0.15) is 25.1 Å². The van der Waals surface area contributed by atoms with Crippen LogP contribution in [-0.2, 0) is 86.0 Å². The van der Waals surface area contributed by atoms with E-state index in [2.05, 4.69) is 31.9 Å². The van der Waals surface area contributed by atoms with Gasteiger partial charge in [-0.25, -0.2) is 23.8 Å². The lowest BCUT2D eigenvalue weighted by molar-refractivity contribution is -0.173. The van der Waals surface area contributed by atoms with Crippen molar-refractivity contribution < 1.29 is 71.7 Å². The molecule has 1 saturated heterocycles. The third-order valence-electron chi connectivity index (χ3n) is 18.2. The predicted molar refractivity (Wildman–Crippen MR) is 362 cm³/mol. The smallest absolute Gasteiger partial charge is 0.411 e. The zero-order valence-electron chi connectivity index (χ0n) is 54.2. The number of amides is 9. The summed E-state index contributed by atoms with van der Waals surface area (Å²) in [7, 11) is 1.46. The minimum atomic E-state index is -2.09. The first kappa shape index (κ1) is 69.3. The fourth-order valence-corrected chi connectivity index (χ4v) is 13.7. The molecule has 0 radical (unpaired) electrons. The molecule has 6 heterocycles. The van der Waals surface area contributed by atoms with Gasteiger partial charge in [-0.05, 0) is 139 Å². The number of rotatable bonds is 23. The number of aliphatic hydroxyl groups is 1. The molecule has 4 aromatic carbocycles. The van der Waals surface area contributed by atoms with E-state index in [1.165, 1.54) is 38.5 Å². The number of aliphatic hydroxyl groups excluding tert-OH is 1. The number of ether oxygens (including phenoxy) is 3. The summed E-state index contributed by atoms with van der Waals surface area (Å²) in [6, 6.07) is 20.9. The first-order valence-corrected chi connectivity index (χ1v) is 33.3. The molecule has 26 nitrogen and oxygen atoms in total. The molecule has 1 fully saturated rings. The van der Waals surface area contributed by atoms with E-state index in [0.717, 1.165) is 5.56 Å². The number of nitrogens with zero attached hydrogens (tertiary/aromatic N) is 5. The summed E-state index contributed by atoms with van der Waals surface area (Å²) in [6.07, 6.45) is 3.12. The summed E-state index contributed by atoms with van der Waals surface area (Å²) in [5, 5.41) is 26.5. The van der Waals surface area contributed by atoms with E-state index in [9.17, 15) is 57.8 Å². The number of likely N-dealkylation sites (tertiary alicyclic amines) is 1. The second kappa shape index (κ2) is 29.7. The molecular formula is C70H73FIN11O15. The summed E-state index contributed by atoms with van der Waals surface area (Å²) in [4.78, 5) is 157. The molecular weight excluding hydrogens is 1380 g/mol. The molecule has 7 N–H and O–H groups in total. The van der Waals surface area contributed by atoms with Crippen molar-refractivity contribution in [2.45, 2.75) is 122 Å². The summed E-state index contributed by atoms with van der Waals surface area (Å²) in [5.74, 6) is -5.09. The highest BCUT2D eigenvalue weighted by atomic mass is 127. The Labute approximate surface area is 575 Å². The fourth-order valence-electron chi connectivity index (χ4n) is 13.1. The van der Waals surface area contributed by atoms with Gasteiger partial charge >= 0.3 is 18.2 Å². The van der Waals surface area contributed by atoms with Crippen molar-refractivity contribution in [3.05, 3.63) is 167 Å². The number of fused-ring (bicyclic) bond motifs is 5. The van der Waals surface area contributed by atoms with E-state index in [1.54, 1.807) is 106 Å². The van der Waals surface area contributed by atoms with Crippen LogP contribution in [0.5, 0.6) is 0 Å². The van der Waals surface area contributed by atoms with Gasteiger partial charge in [0.2, 0.25) is 35.1 Å². The molecule has 2 aromatic heterocycles. The monoisotopic (exact) mass is 1450 g/mol. The van der Waals surface area contributed by atoms with Gasteiger partial charge < -0.3 is 70.5 Å². The van der Waals surface area contributed by atoms with Crippen LogP contribution in [0.1, 0.15) is 113 Å². The number of cyclic esters (lactones) is 1. The van der Waals surface area contributed by atoms with Gasteiger partial charge in [0, 0.05) is 88.7 Å². The number of esters is 1. The van der Waals surface area contributed by atoms with Crippen LogP contribution in [-0.4, -0.2) is 148 Å². The van der Waals surface area contributed by atoms with E-state index in [0.29, 0.717) is 104 Å². The van der Waals surface area contributed by atoms with Gasteiger partial charge in [0.05, 0.1) is 66.8 Å². The highest BCUT2D eigenvalue weighted by Crippen LogP contribution is 2.47. The molecule has 4 aliphatic heterocycles. The molecule has 0 spiro atoms. The van der Waals surface area contributed by atoms with Gasteiger partial charge in [-0.3, -0.25) is 38.4 Å². The number of aryl methyl sites for hydroxylation is 1. The van der Waals surface area contributed by atoms with Crippen molar-refractivity contribution in [3.8, 4) is 11.4 Å². The average molecular weight is 1450 g/mol. The minimum Gasteiger partial charge on any atom is -0.457 e. The van der Waals surface area contributed by atoms with Crippen LogP contribution in [0, 0.1) is 16.3 Å². The highest BCUT2D eigenvalue weighted by Gasteiger charge is 2.51. The third-order valence-corrected chi connectivity index (χ3v) is 18.8. The third kappa shape index (κ3) is 15.0. The molecule has 11 rings (SSSR count). The van der Waals surface area contributed by atoms with Crippen molar-refractivity contribution >= 4 is 104 Å². The summed E-state index contributed by atoms with van der Waals surface area (Å²) in [5.41, 5.74) is 3.56. The normalized spacial score (nSPS) is 17.7. The fraction of sp³-hybridized carbons (Fsp3) is 0.371. The molecule has 512 valence electrons. The number of nitrogens with one attached hydrogen (secondary N) is 6. The van der Waals surface area contributed by atoms with Crippen molar-refractivity contribution in [2.24, 2.45) is 0 Å². The number of likely N-dealkylation sites (N-methyl/N-ethyl adjacent to an activating group) is 1. The molecule has 1 aliphatic carbocycles. The van der Waals surface area contributed by atoms with E-state index >= 15 is 4.39 Å². The van der Waals surface area contributed by atoms with Crippen molar-refractivity contribution in [3.63, 3.8) is 0 Å². The second-order valence-corrected chi connectivity index (χ2v) is 26.1. The van der Waals surface area contributed by atoms with Crippen LogP contribution < -0.4 is 42.4 Å². The van der Waals surface area contributed by atoms with Gasteiger partial charge in [0.15, 0.2) is 0 Å². The maximum atomic E-state index is 15.6. The maximum absolute atomic E-state index is 15.6. The summed E-state index contributed by atoms with van der Waals surface area (Å²) >= 11 is 2.03. The number of benzene rings is 4. The van der Waals surface area contributed by atoms with Crippen molar-refractivity contribution in [2.75, 3.05) is 56.5 Å². The number of aromatic nitrogens is 2. The van der Waals surface area contributed by atoms with E-state index in [4.69, 9.17) is 19.2 Å². The van der Waals surface area contributed by atoms with Crippen molar-refractivity contribution in [1.82, 2.24) is 45.9 Å². The first-order valence-electron chi connectivity index (χ1n) is 32.3. The molecule has 0 bridgehead atoms. The first-order chi connectivity index (χ1) is 47.0. The van der Waals surface area contributed by atoms with Gasteiger partial charge in [-0.2, -0.15) is 0 Å². The molecule has 98 heavy (non-hydrogen) atoms. The Kier molecular flexibility index (Phi) is 21.0. The molecule has 1 unspecified atom stereocenters. The molecule has 5 atom stereocenters. The largest absolute Gasteiger partial charge is 0.457 e. The lowest BCUT2D eigenvalue weighted by Crippen LogP contribution is -2.52. The van der Waals surface area contributed by atoms with Crippen LogP contribution in [0.15, 0.2) is 102 Å². The zero-order chi connectivity index (χ0) is 69.7. The Bertz CT molecular complexity index is 4320. The number of pyridine rings is 2. The molecule has 28 heteroatoms. The van der Waals surface area contributed by atoms with Crippen LogP contribution in [0.4, 0.5) is 25.4 Å². The number of hydrogen-bond donors (Lipinski definition) is 7. The zero-order valence-corrected chi connectivity index (χ0v) is 56.4. The Morgan fingerprint density at radius 3 is 2.37 bits per heavy atom. The predicted octanol–water partition coefficient (Wildman–Crippen LogP) is 5.50. The number of carbonyl (C=O) groups is 10. The molecule has 5 aliphatic rings. The van der Waals surface area contributed by atoms with Crippen LogP contribution in [0.25, 0.3) is 22.3 Å². The Hall–Kier alpha value is -10.1. The Balaban J connectivity index is 0.666. The second-order valence-electron chi connectivity index (χ2n) is 24.9. The number of carbonyl (C=O) groups excluding carboxylic acids is 10. The molecule has 0 saturated carbocycles. The average Bonchev–Trinajstić information content (AvgIpc) is 1.48. The number of halogens is 2. The van der Waals surface area contributed by atoms with Gasteiger partial charge in [0.25, 0.3) is 17.4 Å². The Morgan fingerprint density at radius 1 is 0.878 bits per heavy atom. The number of anilines is 2. The highest BCUT2D eigenvalue weighted by molar-refractivity contribution is 14.1. The van der Waals surface area contributed by atoms with E-state index in [-0.39, 0.29) is 73.9 Å². The summed E-state index contributed by atoms with van der Waals surface area (Å²) in [6.45, 7) is 3.59. The standard InChI is InChI=1S/C70H73FIN11O15/c1-5-70(50-29-55-63-48(35-83(55)66(92)49(50)37-96-67(70)93)62-52(77-56(85)22-15-38(2)84)21-20-47-39(3)51(71)30-53(79-63)61(47)62)98-68(94)80(4)34-45-13-9-24-82(45)69(95)97-36-41-16-18-44(19-17-41)76-58(87)33-75-65(91)54(25-40-11-7-6-8-12-40)78-59(88)32-73-57(86)31-74-64(90)42-26-43(72)28-46(27-42)81-23-10-14-60(81)89/h6-8,10-12,14,16-19,26-30,38,45,52,54,84H,5,9,13,15,20-25,31-37H2,1-4H3,(H,73,86)(H,74,90)(H,75,91)(H,76,87)(H,77,85)(H,78,88)/t38?,45-,52-,54-,70-/m0/s1. The molecule has 9 amide bonds. The van der Waals surface area contributed by atoms with Crippen LogP contribution >= 0.6 is 22.6 Å². The minimum absolute atomic E-state index is 0.0215. The SMILES string of the molecule is CC[C@@]1(OC(=O)N(C)C[C@@H]2CCCN2C(=O)OCc2ccc(NC(=O)CNC(=O)[C@H](Cc3ccccc3)NC(=O)CNC(=O)CNC(=O)c3cc(I)cc(N4CC=CC4=O)c3)cc2)C(=O)OCc2c1cc1n(c2=O)Cc2c-1nc1cc(F)c(C)c3c1c2[C@@H](NC(=O)CCC(C)O)CC3. The topological polar surface area (TPSA) is 335 Å². The maximum Gasteiger partial charge on any atom is 0.411 e. The van der Waals surface area contributed by atoms with Crippen LogP contribution in [0.2, 0.25) is 0 Å². The Morgan fingerprint density at radius 2 is 1.63 bits per heavy atom. The summed E-state index contributed by atoms with van der Waals surface area (Å²) < 4.78 is 35.3. The van der Waals surface area contributed by atoms with Gasteiger partial charge in [-0.15, -0.1) is 0 Å². The quantitative estimate of drug-likeness (QED) is 0.0236. The lowest BCUT2D eigenvalue weighted by atomic mass is 9.81. The van der Waals surface area contributed by atoms with E-state index < -0.39 is 115 Å². The van der Waals surface area contributed by atoms with Crippen LogP contribution in [0.3, 0.4) is 0 Å². The lowest BCUT2D eigenvalue weighted by Gasteiger charge is -2.37. The number of hydrogen-bond acceptors (Lipinski definition) is 16.